The fourth-order valence-electron chi connectivity index (χ4n) is 2.71. The van der Waals surface area contributed by atoms with Gasteiger partial charge in [-0.3, -0.25) is 9.69 Å². The number of esters is 1. The molecule has 1 aliphatic rings. The minimum absolute atomic E-state index is 0.112. The largest absolute Gasteiger partial charge is 0.466 e. The van der Waals surface area contributed by atoms with Crippen LogP contribution >= 0.6 is 0 Å². The van der Waals surface area contributed by atoms with Gasteiger partial charge in [0.2, 0.25) is 0 Å². The predicted molar refractivity (Wildman–Crippen MR) is 77.2 cm³/mol. The summed E-state index contributed by atoms with van der Waals surface area (Å²) in [5.74, 6) is -0.580. The summed E-state index contributed by atoms with van der Waals surface area (Å²) < 4.78 is 17.9. The minimum atomic E-state index is -0.674. The van der Waals surface area contributed by atoms with E-state index in [9.17, 15) is 14.3 Å². The Hall–Kier alpha value is -1.46. The molecule has 116 valence electrons. The molecule has 0 bridgehead atoms. The topological polar surface area (TPSA) is 49.8 Å². The molecule has 1 saturated heterocycles. The Morgan fingerprint density at radius 1 is 1.48 bits per heavy atom. The number of hydrogen-bond acceptors (Lipinski definition) is 4. The monoisotopic (exact) mass is 295 g/mol. The van der Waals surface area contributed by atoms with Crippen molar-refractivity contribution in [1.29, 1.82) is 0 Å². The van der Waals surface area contributed by atoms with Crippen LogP contribution in [0.5, 0.6) is 0 Å². The van der Waals surface area contributed by atoms with Crippen molar-refractivity contribution in [2.24, 2.45) is 5.92 Å². The number of carbonyl (C=O) groups is 1. The van der Waals surface area contributed by atoms with Crippen molar-refractivity contribution < 1.29 is 19.0 Å². The van der Waals surface area contributed by atoms with E-state index in [2.05, 4.69) is 4.90 Å². The number of rotatable bonds is 5. The highest BCUT2D eigenvalue weighted by Gasteiger charge is 2.27. The number of aliphatic hydroxyl groups is 1. The number of nitrogens with zero attached hydrogens (tertiary/aromatic N) is 1. The maximum Gasteiger partial charge on any atom is 0.310 e. The zero-order chi connectivity index (χ0) is 15.2. The molecule has 4 nitrogen and oxygen atoms in total. The van der Waals surface area contributed by atoms with Gasteiger partial charge in [0.05, 0.1) is 18.6 Å². The minimum Gasteiger partial charge on any atom is -0.466 e. The second-order valence-corrected chi connectivity index (χ2v) is 5.42. The Labute approximate surface area is 124 Å². The maximum atomic E-state index is 12.9. The van der Waals surface area contributed by atoms with E-state index >= 15 is 0 Å². The Balaban J connectivity index is 1.89. The van der Waals surface area contributed by atoms with Crippen molar-refractivity contribution in [3.05, 3.63) is 35.6 Å². The average molecular weight is 295 g/mol. The van der Waals surface area contributed by atoms with E-state index < -0.39 is 6.10 Å². The molecule has 0 spiro atoms. The Kier molecular flexibility index (Phi) is 5.70. The summed E-state index contributed by atoms with van der Waals surface area (Å²) in [7, 11) is 0. The molecule has 0 unspecified atom stereocenters. The van der Waals surface area contributed by atoms with Crippen LogP contribution in [-0.2, 0) is 9.53 Å². The first-order valence-corrected chi connectivity index (χ1v) is 7.42. The van der Waals surface area contributed by atoms with Crippen molar-refractivity contribution in [3.63, 3.8) is 0 Å². The molecule has 21 heavy (non-hydrogen) atoms. The SMILES string of the molecule is CCOC(=O)[C@@H]1CCCN(C[C@@H](O)c2ccc(F)cc2)C1. The molecule has 1 aliphatic heterocycles. The second kappa shape index (κ2) is 7.52. The van der Waals surface area contributed by atoms with Gasteiger partial charge in [0.15, 0.2) is 0 Å². The van der Waals surface area contributed by atoms with E-state index in [0.29, 0.717) is 25.3 Å². The van der Waals surface area contributed by atoms with Crippen LogP contribution in [0.3, 0.4) is 0 Å². The molecular weight excluding hydrogens is 273 g/mol. The second-order valence-electron chi connectivity index (χ2n) is 5.42. The lowest BCUT2D eigenvalue weighted by Crippen LogP contribution is -2.41. The van der Waals surface area contributed by atoms with Crippen LogP contribution < -0.4 is 0 Å². The quantitative estimate of drug-likeness (QED) is 0.846. The average Bonchev–Trinajstić information content (AvgIpc) is 2.48. The van der Waals surface area contributed by atoms with Crippen molar-refractivity contribution >= 4 is 5.97 Å². The Bertz CT molecular complexity index is 463. The molecule has 1 fully saturated rings. The number of carbonyl (C=O) groups excluding carboxylic acids is 1. The zero-order valence-corrected chi connectivity index (χ0v) is 12.3. The van der Waals surface area contributed by atoms with Crippen molar-refractivity contribution in [3.8, 4) is 0 Å². The van der Waals surface area contributed by atoms with Gasteiger partial charge in [0.25, 0.3) is 0 Å². The maximum absolute atomic E-state index is 12.9. The van der Waals surface area contributed by atoms with E-state index in [4.69, 9.17) is 4.74 Å². The number of piperidine rings is 1. The third kappa shape index (κ3) is 4.51. The van der Waals surface area contributed by atoms with Gasteiger partial charge in [-0.05, 0) is 44.0 Å². The first kappa shape index (κ1) is 15.9. The van der Waals surface area contributed by atoms with E-state index in [-0.39, 0.29) is 17.7 Å². The summed E-state index contributed by atoms with van der Waals surface area (Å²) in [6, 6.07) is 5.87. The molecule has 0 saturated carbocycles. The van der Waals surface area contributed by atoms with Crippen LogP contribution in [0.4, 0.5) is 4.39 Å². The van der Waals surface area contributed by atoms with Crippen LogP contribution in [0.2, 0.25) is 0 Å². The van der Waals surface area contributed by atoms with Crippen molar-refractivity contribution in [2.45, 2.75) is 25.9 Å². The number of ether oxygens (including phenoxy) is 1. The van der Waals surface area contributed by atoms with Crippen molar-refractivity contribution in [2.75, 3.05) is 26.2 Å². The molecular formula is C16H22FNO3. The first-order chi connectivity index (χ1) is 10.1. The third-order valence-electron chi connectivity index (χ3n) is 3.81. The van der Waals surface area contributed by atoms with Gasteiger partial charge in [-0.25, -0.2) is 4.39 Å². The van der Waals surface area contributed by atoms with Gasteiger partial charge in [-0.15, -0.1) is 0 Å². The molecule has 1 aromatic rings. The molecule has 1 N–H and O–H groups in total. The van der Waals surface area contributed by atoms with E-state index in [0.717, 1.165) is 19.4 Å². The molecule has 1 aromatic carbocycles. The predicted octanol–water partition coefficient (Wildman–Crippen LogP) is 2.13. The molecule has 2 rings (SSSR count). The molecule has 2 atom stereocenters. The normalized spacial score (nSPS) is 21.0. The van der Waals surface area contributed by atoms with Crippen LogP contribution in [0.15, 0.2) is 24.3 Å². The fraction of sp³-hybridized carbons (Fsp3) is 0.562. The number of aliphatic hydroxyl groups excluding tert-OH is 1. The molecule has 1 heterocycles. The highest BCUT2D eigenvalue weighted by atomic mass is 19.1. The highest BCUT2D eigenvalue weighted by Crippen LogP contribution is 2.21. The van der Waals surface area contributed by atoms with Gasteiger partial charge < -0.3 is 9.84 Å². The highest BCUT2D eigenvalue weighted by molar-refractivity contribution is 5.72. The molecule has 5 heteroatoms. The fourth-order valence-corrected chi connectivity index (χ4v) is 2.71. The van der Waals surface area contributed by atoms with E-state index in [1.807, 2.05) is 0 Å². The molecule has 0 aromatic heterocycles. The van der Waals surface area contributed by atoms with Crippen LogP contribution in [-0.4, -0.2) is 42.2 Å². The summed E-state index contributed by atoms with van der Waals surface area (Å²) in [4.78, 5) is 13.9. The summed E-state index contributed by atoms with van der Waals surface area (Å²) in [5, 5.41) is 10.2. The smallest absolute Gasteiger partial charge is 0.310 e. The zero-order valence-electron chi connectivity index (χ0n) is 12.3. The van der Waals surface area contributed by atoms with Crippen LogP contribution in [0.1, 0.15) is 31.4 Å². The van der Waals surface area contributed by atoms with E-state index in [1.165, 1.54) is 12.1 Å². The summed E-state index contributed by atoms with van der Waals surface area (Å²) >= 11 is 0. The lowest BCUT2D eigenvalue weighted by Gasteiger charge is -2.32. The number of hydrogen-bond donors (Lipinski definition) is 1. The molecule has 0 radical (unpaired) electrons. The van der Waals surface area contributed by atoms with Crippen molar-refractivity contribution in [1.82, 2.24) is 4.90 Å². The summed E-state index contributed by atoms with van der Waals surface area (Å²) in [6.07, 6.45) is 1.08. The lowest BCUT2D eigenvalue weighted by molar-refractivity contribution is -0.150. The molecule has 0 aliphatic carbocycles. The van der Waals surface area contributed by atoms with Gasteiger partial charge in [0.1, 0.15) is 5.82 Å². The van der Waals surface area contributed by atoms with Gasteiger partial charge in [-0.1, -0.05) is 12.1 Å². The van der Waals surface area contributed by atoms with Gasteiger partial charge in [-0.2, -0.15) is 0 Å². The number of β-amino-alcohol motifs (C(OH)–C–C–N with tert-alkyl or cyclic N) is 1. The first-order valence-electron chi connectivity index (χ1n) is 7.42. The van der Waals surface area contributed by atoms with Gasteiger partial charge in [0, 0.05) is 13.1 Å². The van der Waals surface area contributed by atoms with E-state index in [1.54, 1.807) is 19.1 Å². The lowest BCUT2D eigenvalue weighted by atomic mass is 9.97. The number of benzene rings is 1. The Morgan fingerprint density at radius 2 is 2.19 bits per heavy atom. The molecule has 0 amide bonds. The number of halogens is 1. The third-order valence-corrected chi connectivity index (χ3v) is 3.81. The Morgan fingerprint density at radius 3 is 2.86 bits per heavy atom. The standard InChI is InChI=1S/C16H22FNO3/c1-2-21-16(20)13-4-3-9-18(10-13)11-15(19)12-5-7-14(17)8-6-12/h5-8,13,15,19H,2-4,9-11H2,1H3/t13-,15-/m1/s1. The summed E-state index contributed by atoms with van der Waals surface area (Å²) in [6.45, 7) is 4.11. The van der Waals surface area contributed by atoms with Crippen LogP contribution in [0.25, 0.3) is 0 Å². The van der Waals surface area contributed by atoms with Crippen LogP contribution in [0, 0.1) is 11.7 Å². The van der Waals surface area contributed by atoms with Gasteiger partial charge >= 0.3 is 5.97 Å². The summed E-state index contributed by atoms with van der Waals surface area (Å²) in [5.41, 5.74) is 0.689. The number of likely N-dealkylation sites (tertiary alicyclic amines) is 1.